The van der Waals surface area contributed by atoms with E-state index in [2.05, 4.69) is 10.6 Å². The molecule has 1 heterocycles. The van der Waals surface area contributed by atoms with Gasteiger partial charge in [0.1, 0.15) is 12.1 Å². The number of carbonyl (C=O) groups is 5. The molecule has 1 aliphatic rings. The fourth-order valence-corrected chi connectivity index (χ4v) is 0.915. The minimum absolute atomic E-state index is 0.0231. The van der Waals surface area contributed by atoms with Crippen molar-refractivity contribution in [2.75, 3.05) is 13.1 Å². The second-order valence-corrected chi connectivity index (χ2v) is 4.52. The molecule has 1 saturated heterocycles. The van der Waals surface area contributed by atoms with Crippen LogP contribution in [0.15, 0.2) is 0 Å². The predicted octanol–water partition coefficient (Wildman–Crippen LogP) is -3.09. The van der Waals surface area contributed by atoms with Crippen LogP contribution in [-0.2, 0) is 24.0 Å². The number of hydrogen-bond acceptors (Lipinski definition) is 7. The average molecular weight is 350 g/mol. The molecule has 0 bridgehead atoms. The minimum atomic E-state index is -1.17. The Balaban J connectivity index is 0. The third kappa shape index (κ3) is 14.2. The molecule has 2 amide bonds. The zero-order valence-electron chi connectivity index (χ0n) is 13.0. The van der Waals surface area contributed by atoms with Crippen LogP contribution in [0.4, 0.5) is 0 Å². The van der Waals surface area contributed by atoms with Crippen molar-refractivity contribution in [3.63, 3.8) is 0 Å². The molecular weight excluding hydrogens is 328 g/mol. The first-order valence-electron chi connectivity index (χ1n) is 6.73. The second-order valence-electron chi connectivity index (χ2n) is 4.52. The number of hydrogen-bond donors (Lipinski definition) is 7. The van der Waals surface area contributed by atoms with Crippen LogP contribution in [0.2, 0.25) is 0 Å². The molecule has 9 N–H and O–H groups in total. The van der Waals surface area contributed by atoms with Crippen molar-refractivity contribution in [2.45, 2.75) is 31.8 Å². The lowest BCUT2D eigenvalue weighted by molar-refractivity contribution is -0.140. The van der Waals surface area contributed by atoms with Crippen molar-refractivity contribution in [3.8, 4) is 0 Å². The topological polar surface area (TPSA) is 222 Å². The maximum Gasteiger partial charge on any atom is 0.320 e. The van der Waals surface area contributed by atoms with Gasteiger partial charge in [0.2, 0.25) is 0 Å². The standard InChI is InChI=1S/C5H9NO4.C4H6N2O2.C3H7NO2/c6-3(5(9)10)1-2-4(7)8;7-3-4(8)6-2-1-5-3;1-2(4)3(5)6/h3H,1-2,6H2,(H,7,8)(H,9,10);1-2H2,(H,5,7)(H,6,8);2H,4H2,1H3,(H,5,6). The van der Waals surface area contributed by atoms with Gasteiger partial charge in [-0.1, -0.05) is 0 Å². The monoisotopic (exact) mass is 350 g/mol. The Morgan fingerprint density at radius 2 is 1.38 bits per heavy atom. The summed E-state index contributed by atoms with van der Waals surface area (Å²) in [5, 5.41) is 28.9. The molecule has 2 unspecified atom stereocenters. The van der Waals surface area contributed by atoms with E-state index < -0.39 is 41.8 Å². The van der Waals surface area contributed by atoms with E-state index in [0.29, 0.717) is 13.1 Å². The quantitative estimate of drug-likeness (QED) is 0.247. The molecule has 0 aromatic rings. The van der Waals surface area contributed by atoms with Crippen LogP contribution < -0.4 is 22.1 Å². The van der Waals surface area contributed by atoms with E-state index in [1.165, 1.54) is 6.92 Å². The number of carboxylic acids is 3. The molecule has 0 radical (unpaired) electrons. The number of amides is 2. The Morgan fingerprint density at radius 1 is 1.00 bits per heavy atom. The van der Waals surface area contributed by atoms with E-state index in [-0.39, 0.29) is 12.8 Å². The zero-order valence-corrected chi connectivity index (χ0v) is 13.0. The van der Waals surface area contributed by atoms with Crippen molar-refractivity contribution in [3.05, 3.63) is 0 Å². The zero-order chi connectivity index (χ0) is 19.3. The van der Waals surface area contributed by atoms with Gasteiger partial charge in [0, 0.05) is 19.5 Å². The Hall–Kier alpha value is -2.73. The van der Waals surface area contributed by atoms with Gasteiger partial charge >= 0.3 is 29.7 Å². The molecule has 0 aromatic carbocycles. The molecule has 138 valence electrons. The van der Waals surface area contributed by atoms with Gasteiger partial charge in [0.05, 0.1) is 0 Å². The maximum atomic E-state index is 10.3. The van der Waals surface area contributed by atoms with Crippen molar-refractivity contribution in [2.24, 2.45) is 11.5 Å². The molecule has 1 rings (SSSR count). The van der Waals surface area contributed by atoms with E-state index in [9.17, 15) is 24.0 Å². The molecule has 24 heavy (non-hydrogen) atoms. The predicted molar refractivity (Wildman–Crippen MR) is 79.8 cm³/mol. The van der Waals surface area contributed by atoms with Gasteiger partial charge in [0.25, 0.3) is 0 Å². The summed E-state index contributed by atoms with van der Waals surface area (Å²) in [6, 6.07) is -1.79. The summed E-state index contributed by atoms with van der Waals surface area (Å²) in [5.41, 5.74) is 9.84. The van der Waals surface area contributed by atoms with E-state index in [0.717, 1.165) is 0 Å². The summed E-state index contributed by atoms with van der Waals surface area (Å²) < 4.78 is 0. The SMILES string of the molecule is CC(N)C(=O)O.NC(CCC(=O)O)C(=O)O.O=C1NCCNC1=O. The summed E-state index contributed by atoms with van der Waals surface area (Å²) in [5.74, 6) is -4.22. The van der Waals surface area contributed by atoms with Crippen LogP contribution >= 0.6 is 0 Å². The molecule has 0 aromatic heterocycles. The molecule has 0 saturated carbocycles. The molecule has 1 fully saturated rings. The Kier molecular flexibility index (Phi) is 12.5. The van der Waals surface area contributed by atoms with Crippen LogP contribution in [-0.4, -0.2) is 70.2 Å². The third-order valence-corrected chi connectivity index (χ3v) is 2.28. The first-order valence-corrected chi connectivity index (χ1v) is 6.73. The maximum absolute atomic E-state index is 10.3. The van der Waals surface area contributed by atoms with Crippen molar-refractivity contribution in [1.29, 1.82) is 0 Å². The van der Waals surface area contributed by atoms with Crippen LogP contribution in [0, 0.1) is 0 Å². The van der Waals surface area contributed by atoms with Gasteiger partial charge in [-0.15, -0.1) is 0 Å². The van der Waals surface area contributed by atoms with E-state index in [1.807, 2.05) is 0 Å². The highest BCUT2D eigenvalue weighted by molar-refractivity contribution is 6.35. The van der Waals surface area contributed by atoms with Crippen LogP contribution in [0.25, 0.3) is 0 Å². The lowest BCUT2D eigenvalue weighted by Crippen LogP contribution is -2.49. The fourth-order valence-electron chi connectivity index (χ4n) is 0.915. The summed E-state index contributed by atoms with van der Waals surface area (Å²) in [6.45, 7) is 2.51. The van der Waals surface area contributed by atoms with Gasteiger partial charge in [-0.05, 0) is 13.3 Å². The first kappa shape index (κ1) is 23.5. The Morgan fingerprint density at radius 3 is 1.58 bits per heavy atom. The van der Waals surface area contributed by atoms with Gasteiger partial charge < -0.3 is 37.4 Å². The van der Waals surface area contributed by atoms with Gasteiger partial charge in [-0.3, -0.25) is 24.0 Å². The van der Waals surface area contributed by atoms with Crippen LogP contribution in [0.5, 0.6) is 0 Å². The number of aliphatic carboxylic acids is 3. The highest BCUT2D eigenvalue weighted by atomic mass is 16.4. The fraction of sp³-hybridized carbons (Fsp3) is 0.583. The van der Waals surface area contributed by atoms with Gasteiger partial charge in [-0.2, -0.15) is 0 Å². The van der Waals surface area contributed by atoms with Gasteiger partial charge in [0.15, 0.2) is 0 Å². The molecule has 12 heteroatoms. The Labute approximate surface area is 137 Å². The highest BCUT2D eigenvalue weighted by Crippen LogP contribution is 1.93. The van der Waals surface area contributed by atoms with E-state index in [1.54, 1.807) is 0 Å². The number of piperazine rings is 1. The average Bonchev–Trinajstić information content (AvgIpc) is 2.48. The van der Waals surface area contributed by atoms with Crippen molar-refractivity contribution in [1.82, 2.24) is 10.6 Å². The summed E-state index contributed by atoms with van der Waals surface area (Å²) in [7, 11) is 0. The van der Waals surface area contributed by atoms with Crippen molar-refractivity contribution >= 4 is 29.7 Å². The van der Waals surface area contributed by atoms with Crippen molar-refractivity contribution < 1.29 is 39.3 Å². The number of nitrogens with two attached hydrogens (primary N) is 2. The molecule has 1 aliphatic heterocycles. The molecule has 12 nitrogen and oxygen atoms in total. The number of carboxylic acid groups (broad SMARTS) is 3. The Bertz CT molecular complexity index is 450. The minimum Gasteiger partial charge on any atom is -0.481 e. The van der Waals surface area contributed by atoms with E-state index in [4.69, 9.17) is 26.8 Å². The lowest BCUT2D eigenvalue weighted by atomic mass is 10.2. The number of nitrogens with one attached hydrogen (secondary N) is 2. The third-order valence-electron chi connectivity index (χ3n) is 2.28. The smallest absolute Gasteiger partial charge is 0.320 e. The normalized spacial score (nSPS) is 15.1. The van der Waals surface area contributed by atoms with Gasteiger partial charge in [-0.25, -0.2) is 0 Å². The lowest BCUT2D eigenvalue weighted by Gasteiger charge is -2.10. The van der Waals surface area contributed by atoms with E-state index >= 15 is 0 Å². The molecule has 0 spiro atoms. The van der Waals surface area contributed by atoms with Crippen LogP contribution in [0.1, 0.15) is 19.8 Å². The summed E-state index contributed by atoms with van der Waals surface area (Å²) in [6.07, 6.45) is -0.224. The number of rotatable bonds is 5. The molecule has 2 atom stereocenters. The molecule has 0 aliphatic carbocycles. The molecular formula is C12H22N4O8. The first-order chi connectivity index (χ1) is 11.0. The second kappa shape index (κ2) is 12.8. The summed E-state index contributed by atoms with van der Waals surface area (Å²) in [4.78, 5) is 50.0. The van der Waals surface area contributed by atoms with Crippen LogP contribution in [0.3, 0.4) is 0 Å². The summed E-state index contributed by atoms with van der Waals surface area (Å²) >= 11 is 0. The highest BCUT2D eigenvalue weighted by Gasteiger charge is 2.15. The number of carbonyl (C=O) groups excluding carboxylic acids is 2. The largest absolute Gasteiger partial charge is 0.481 e.